The predicted octanol–water partition coefficient (Wildman–Crippen LogP) is -0.134. The highest BCUT2D eigenvalue weighted by Gasteiger charge is 2.27. The zero-order valence-electron chi connectivity index (χ0n) is 9.18. The van der Waals surface area contributed by atoms with E-state index in [0.29, 0.717) is 26.2 Å². The van der Waals surface area contributed by atoms with Gasteiger partial charge >= 0.3 is 0 Å². The highest BCUT2D eigenvalue weighted by atomic mass is 32.2. The Bertz CT molecular complexity index is 339. The van der Waals surface area contributed by atoms with Gasteiger partial charge in [-0.3, -0.25) is 4.90 Å². The van der Waals surface area contributed by atoms with Crippen LogP contribution in [0.15, 0.2) is 0 Å². The van der Waals surface area contributed by atoms with E-state index in [9.17, 15) is 8.42 Å². The molecule has 86 valence electrons. The Morgan fingerprint density at radius 1 is 1.33 bits per heavy atom. The molecule has 0 amide bonds. The van der Waals surface area contributed by atoms with Gasteiger partial charge in [0.05, 0.1) is 17.9 Å². The minimum Gasteiger partial charge on any atom is -0.286 e. The van der Waals surface area contributed by atoms with Crippen LogP contribution in [0, 0.1) is 11.3 Å². The molecule has 1 saturated heterocycles. The number of nitrogens with zero attached hydrogens (tertiary/aromatic N) is 3. The minimum atomic E-state index is -3.05. The second-order valence-corrected chi connectivity index (χ2v) is 5.90. The molecule has 0 spiro atoms. The van der Waals surface area contributed by atoms with Crippen LogP contribution in [0.4, 0.5) is 0 Å². The van der Waals surface area contributed by atoms with Gasteiger partial charge in [0.2, 0.25) is 10.0 Å². The topological polar surface area (TPSA) is 64.4 Å². The lowest BCUT2D eigenvalue weighted by atomic mass is 10.2. The lowest BCUT2D eigenvalue weighted by molar-refractivity contribution is 0.170. The van der Waals surface area contributed by atoms with E-state index in [1.165, 1.54) is 4.31 Å². The van der Waals surface area contributed by atoms with Gasteiger partial charge in [0, 0.05) is 26.2 Å². The smallest absolute Gasteiger partial charge is 0.213 e. The molecule has 0 aromatic carbocycles. The molecular weight excluding hydrogens is 214 g/mol. The predicted molar refractivity (Wildman–Crippen MR) is 57.7 cm³/mol. The SMILES string of the molecule is CCS(=O)(=O)N1CCN(C(C)C#N)CC1. The molecule has 0 saturated carbocycles. The standard InChI is InChI=1S/C9H17N3O2S/c1-3-15(13,14)12-6-4-11(5-7-12)9(2)8-10/h9H,3-7H2,1-2H3. The Morgan fingerprint density at radius 3 is 2.27 bits per heavy atom. The first-order valence-corrected chi connectivity index (χ1v) is 6.73. The van der Waals surface area contributed by atoms with E-state index < -0.39 is 10.0 Å². The number of hydrogen-bond donors (Lipinski definition) is 0. The first-order chi connectivity index (χ1) is 7.01. The van der Waals surface area contributed by atoms with Gasteiger partial charge in [-0.25, -0.2) is 8.42 Å². The Morgan fingerprint density at radius 2 is 1.87 bits per heavy atom. The van der Waals surface area contributed by atoms with E-state index >= 15 is 0 Å². The van der Waals surface area contributed by atoms with E-state index in [2.05, 4.69) is 6.07 Å². The van der Waals surface area contributed by atoms with E-state index in [4.69, 9.17) is 5.26 Å². The summed E-state index contributed by atoms with van der Waals surface area (Å²) in [5, 5.41) is 8.74. The fourth-order valence-corrected chi connectivity index (χ4v) is 2.72. The van der Waals surface area contributed by atoms with Crippen molar-refractivity contribution in [3.8, 4) is 6.07 Å². The van der Waals surface area contributed by atoms with Crippen molar-refractivity contribution in [1.82, 2.24) is 9.21 Å². The van der Waals surface area contributed by atoms with Crippen molar-refractivity contribution in [3.05, 3.63) is 0 Å². The molecule has 0 aromatic heterocycles. The molecule has 0 radical (unpaired) electrons. The van der Waals surface area contributed by atoms with E-state index in [1.54, 1.807) is 6.92 Å². The second-order valence-electron chi connectivity index (χ2n) is 3.64. The lowest BCUT2D eigenvalue weighted by Gasteiger charge is -2.34. The summed E-state index contributed by atoms with van der Waals surface area (Å²) in [6.45, 7) is 5.79. The quantitative estimate of drug-likeness (QED) is 0.678. The maximum absolute atomic E-state index is 11.5. The molecule has 15 heavy (non-hydrogen) atoms. The van der Waals surface area contributed by atoms with Crippen LogP contribution < -0.4 is 0 Å². The van der Waals surface area contributed by atoms with Crippen LogP contribution >= 0.6 is 0 Å². The van der Waals surface area contributed by atoms with E-state index in [-0.39, 0.29) is 11.8 Å². The molecule has 1 rings (SSSR count). The fourth-order valence-electron chi connectivity index (χ4n) is 1.63. The fraction of sp³-hybridized carbons (Fsp3) is 0.889. The summed E-state index contributed by atoms with van der Waals surface area (Å²) >= 11 is 0. The van der Waals surface area contributed by atoms with Gasteiger partial charge < -0.3 is 0 Å². The summed E-state index contributed by atoms with van der Waals surface area (Å²) in [7, 11) is -3.05. The highest BCUT2D eigenvalue weighted by Crippen LogP contribution is 2.09. The monoisotopic (exact) mass is 231 g/mol. The number of nitriles is 1. The van der Waals surface area contributed by atoms with Crippen LogP contribution in [0.3, 0.4) is 0 Å². The molecule has 1 atom stereocenters. The first-order valence-electron chi connectivity index (χ1n) is 5.12. The number of sulfonamides is 1. The number of hydrogen-bond acceptors (Lipinski definition) is 4. The molecular formula is C9H17N3O2S. The van der Waals surface area contributed by atoms with Gasteiger partial charge in [-0.05, 0) is 13.8 Å². The van der Waals surface area contributed by atoms with Crippen LogP contribution in [0.1, 0.15) is 13.8 Å². The first kappa shape index (κ1) is 12.4. The van der Waals surface area contributed by atoms with Crippen LogP contribution in [-0.4, -0.2) is 55.6 Å². The number of piperazine rings is 1. The molecule has 0 aromatic rings. The van der Waals surface area contributed by atoms with Crippen molar-refractivity contribution >= 4 is 10.0 Å². The van der Waals surface area contributed by atoms with Crippen LogP contribution in [0.25, 0.3) is 0 Å². The van der Waals surface area contributed by atoms with Crippen molar-refractivity contribution in [2.75, 3.05) is 31.9 Å². The maximum Gasteiger partial charge on any atom is 0.213 e. The molecule has 6 heteroatoms. The van der Waals surface area contributed by atoms with Gasteiger partial charge in [-0.1, -0.05) is 0 Å². The normalized spacial score (nSPS) is 22.2. The maximum atomic E-state index is 11.5. The Balaban J connectivity index is 2.54. The summed E-state index contributed by atoms with van der Waals surface area (Å²) in [4.78, 5) is 2.00. The summed E-state index contributed by atoms with van der Waals surface area (Å²) in [6, 6.07) is 2.03. The highest BCUT2D eigenvalue weighted by molar-refractivity contribution is 7.89. The van der Waals surface area contributed by atoms with E-state index in [0.717, 1.165) is 0 Å². The van der Waals surface area contributed by atoms with Gasteiger partial charge in [0.1, 0.15) is 0 Å². The molecule has 0 bridgehead atoms. The van der Waals surface area contributed by atoms with Crippen molar-refractivity contribution < 1.29 is 8.42 Å². The van der Waals surface area contributed by atoms with Crippen LogP contribution in [0.5, 0.6) is 0 Å². The van der Waals surface area contributed by atoms with Crippen LogP contribution in [0.2, 0.25) is 0 Å². The molecule has 1 aliphatic heterocycles. The molecule has 1 fully saturated rings. The summed E-state index contributed by atoms with van der Waals surface area (Å²) in [5.74, 6) is 0.154. The van der Waals surface area contributed by atoms with Crippen molar-refractivity contribution in [1.29, 1.82) is 5.26 Å². The molecule has 5 nitrogen and oxygen atoms in total. The Labute approximate surface area is 91.3 Å². The average Bonchev–Trinajstić information content (AvgIpc) is 2.28. The molecule has 1 heterocycles. The van der Waals surface area contributed by atoms with Crippen molar-refractivity contribution in [2.24, 2.45) is 0 Å². The van der Waals surface area contributed by atoms with E-state index in [1.807, 2.05) is 11.8 Å². The molecule has 0 N–H and O–H groups in total. The zero-order valence-corrected chi connectivity index (χ0v) is 10.00. The zero-order chi connectivity index (χ0) is 11.5. The lowest BCUT2D eigenvalue weighted by Crippen LogP contribution is -2.51. The Hall–Kier alpha value is -0.640. The molecule has 1 aliphatic rings. The van der Waals surface area contributed by atoms with Crippen molar-refractivity contribution in [2.45, 2.75) is 19.9 Å². The summed E-state index contributed by atoms with van der Waals surface area (Å²) in [5.41, 5.74) is 0. The summed E-state index contributed by atoms with van der Waals surface area (Å²) in [6.07, 6.45) is 0. The third-order valence-corrected chi connectivity index (χ3v) is 4.65. The molecule has 0 aliphatic carbocycles. The third-order valence-electron chi connectivity index (χ3n) is 2.77. The Kier molecular flexibility index (Phi) is 4.08. The van der Waals surface area contributed by atoms with Gasteiger partial charge in [0.25, 0.3) is 0 Å². The van der Waals surface area contributed by atoms with Gasteiger partial charge in [-0.15, -0.1) is 0 Å². The van der Waals surface area contributed by atoms with Crippen molar-refractivity contribution in [3.63, 3.8) is 0 Å². The summed E-state index contributed by atoms with van der Waals surface area (Å²) < 4.78 is 24.6. The van der Waals surface area contributed by atoms with Gasteiger partial charge in [0.15, 0.2) is 0 Å². The van der Waals surface area contributed by atoms with Gasteiger partial charge in [-0.2, -0.15) is 9.57 Å². The van der Waals surface area contributed by atoms with Crippen LogP contribution in [-0.2, 0) is 10.0 Å². The second kappa shape index (κ2) is 4.92. The largest absolute Gasteiger partial charge is 0.286 e. The average molecular weight is 231 g/mol. The molecule has 1 unspecified atom stereocenters. The minimum absolute atomic E-state index is 0.128. The third kappa shape index (κ3) is 2.91. The number of rotatable bonds is 3.